The number of phenols is 1. The second-order valence-electron chi connectivity index (χ2n) is 3.55. The predicted molar refractivity (Wildman–Crippen MR) is 74.5 cm³/mol. The quantitative estimate of drug-likeness (QED) is 0.726. The van der Waals surface area contributed by atoms with Gasteiger partial charge in [-0.15, -0.1) is 23.2 Å². The van der Waals surface area contributed by atoms with Crippen LogP contribution in [0.5, 0.6) is 5.75 Å². The van der Waals surface area contributed by atoms with E-state index >= 15 is 0 Å². The summed E-state index contributed by atoms with van der Waals surface area (Å²) in [5.41, 5.74) is 0.890. The third kappa shape index (κ3) is 2.43. The first-order valence-corrected chi connectivity index (χ1v) is 6.57. The molecular formula is C12H8Cl4O. The average molecular weight is 310 g/mol. The fourth-order valence-electron chi connectivity index (χ4n) is 1.78. The van der Waals surface area contributed by atoms with Gasteiger partial charge in [0.25, 0.3) is 0 Å². The van der Waals surface area contributed by atoms with Crippen molar-refractivity contribution in [3.8, 4) is 5.75 Å². The number of aromatic hydroxyl groups is 1. The zero-order valence-electron chi connectivity index (χ0n) is 8.50. The molecule has 0 fully saturated rings. The van der Waals surface area contributed by atoms with E-state index in [9.17, 15) is 5.11 Å². The van der Waals surface area contributed by atoms with Crippen LogP contribution in [0.4, 0.5) is 0 Å². The van der Waals surface area contributed by atoms with Gasteiger partial charge in [-0.25, -0.2) is 0 Å². The molecule has 0 aliphatic rings. The van der Waals surface area contributed by atoms with Crippen molar-refractivity contribution in [2.45, 2.75) is 9.67 Å². The molecular weight excluding hydrogens is 302 g/mol. The van der Waals surface area contributed by atoms with Gasteiger partial charge in [0.05, 0.1) is 0 Å². The highest BCUT2D eigenvalue weighted by atomic mass is 35.5. The molecule has 1 nitrogen and oxygen atoms in total. The van der Waals surface area contributed by atoms with Gasteiger partial charge < -0.3 is 5.11 Å². The van der Waals surface area contributed by atoms with E-state index in [1.54, 1.807) is 12.1 Å². The Labute approximate surface area is 119 Å². The first-order chi connectivity index (χ1) is 8.02. The van der Waals surface area contributed by atoms with Crippen molar-refractivity contribution in [1.82, 2.24) is 0 Å². The van der Waals surface area contributed by atoms with Crippen molar-refractivity contribution in [3.63, 3.8) is 0 Å². The Morgan fingerprint density at radius 1 is 0.941 bits per heavy atom. The summed E-state index contributed by atoms with van der Waals surface area (Å²) in [6.45, 7) is 0. The topological polar surface area (TPSA) is 20.2 Å². The fourth-order valence-corrected chi connectivity index (χ4v) is 2.60. The van der Waals surface area contributed by atoms with Crippen molar-refractivity contribution in [2.75, 3.05) is 0 Å². The smallest absolute Gasteiger partial charge is 0.136 e. The SMILES string of the molecule is Oc1c(C(Cl)Cl)c(C(Cl)Cl)cc2ccccc12. The number of rotatable bonds is 2. The van der Waals surface area contributed by atoms with E-state index in [1.165, 1.54) is 0 Å². The highest BCUT2D eigenvalue weighted by molar-refractivity contribution is 6.46. The van der Waals surface area contributed by atoms with E-state index < -0.39 is 9.67 Å². The van der Waals surface area contributed by atoms with Crippen LogP contribution in [-0.4, -0.2) is 5.11 Å². The van der Waals surface area contributed by atoms with Gasteiger partial charge in [0, 0.05) is 10.9 Å². The molecule has 1 N–H and O–H groups in total. The van der Waals surface area contributed by atoms with E-state index in [4.69, 9.17) is 46.4 Å². The minimum Gasteiger partial charge on any atom is -0.507 e. The highest BCUT2D eigenvalue weighted by Gasteiger charge is 2.21. The number of benzene rings is 2. The predicted octanol–water partition coefficient (Wildman–Crippen LogP) is 5.50. The van der Waals surface area contributed by atoms with Gasteiger partial charge in [0.1, 0.15) is 15.4 Å². The molecule has 5 heteroatoms. The molecule has 0 atom stereocenters. The fraction of sp³-hybridized carbons (Fsp3) is 0.167. The Morgan fingerprint density at radius 2 is 1.59 bits per heavy atom. The Morgan fingerprint density at radius 3 is 2.18 bits per heavy atom. The van der Waals surface area contributed by atoms with Crippen molar-refractivity contribution < 1.29 is 5.11 Å². The maximum Gasteiger partial charge on any atom is 0.136 e. The first kappa shape index (κ1) is 13.1. The van der Waals surface area contributed by atoms with E-state index in [0.29, 0.717) is 16.5 Å². The van der Waals surface area contributed by atoms with Crippen LogP contribution in [0.25, 0.3) is 10.8 Å². The minimum atomic E-state index is -0.880. The molecule has 0 radical (unpaired) electrons. The summed E-state index contributed by atoms with van der Waals surface area (Å²) in [6, 6.07) is 9.11. The largest absolute Gasteiger partial charge is 0.507 e. The maximum absolute atomic E-state index is 10.2. The lowest BCUT2D eigenvalue weighted by atomic mass is 10.0. The lowest BCUT2D eigenvalue weighted by molar-refractivity contribution is 0.476. The van der Waals surface area contributed by atoms with Crippen LogP contribution >= 0.6 is 46.4 Å². The van der Waals surface area contributed by atoms with E-state index in [1.807, 2.05) is 18.2 Å². The summed E-state index contributed by atoms with van der Waals surface area (Å²) in [4.78, 5) is -1.67. The van der Waals surface area contributed by atoms with Crippen molar-refractivity contribution in [2.24, 2.45) is 0 Å². The number of halogens is 4. The molecule has 2 aromatic rings. The van der Waals surface area contributed by atoms with Crippen LogP contribution in [0.15, 0.2) is 30.3 Å². The third-order valence-electron chi connectivity index (χ3n) is 2.55. The molecule has 0 bridgehead atoms. The molecule has 2 rings (SSSR count). The lowest BCUT2D eigenvalue weighted by Gasteiger charge is -2.15. The summed E-state index contributed by atoms with van der Waals surface area (Å²) in [5.74, 6) is 0.0272. The number of hydrogen-bond acceptors (Lipinski definition) is 1. The molecule has 0 aliphatic carbocycles. The molecule has 0 saturated heterocycles. The molecule has 0 aliphatic heterocycles. The molecule has 0 spiro atoms. The standard InChI is InChI=1S/C12H8Cl4O/c13-11(14)8-5-6-3-1-2-4-7(6)10(17)9(8)12(15)16/h1-5,11-12,17H. The molecule has 90 valence electrons. The average Bonchev–Trinajstić information content (AvgIpc) is 2.28. The van der Waals surface area contributed by atoms with Gasteiger partial charge >= 0.3 is 0 Å². The summed E-state index contributed by atoms with van der Waals surface area (Å²) in [5, 5.41) is 11.7. The highest BCUT2D eigenvalue weighted by Crippen LogP contribution is 2.44. The van der Waals surface area contributed by atoms with Crippen LogP contribution in [-0.2, 0) is 0 Å². The monoisotopic (exact) mass is 308 g/mol. The van der Waals surface area contributed by atoms with Gasteiger partial charge in [-0.3, -0.25) is 0 Å². The second-order valence-corrected chi connectivity index (χ2v) is 5.74. The lowest BCUT2D eigenvalue weighted by Crippen LogP contribution is -1.95. The number of fused-ring (bicyclic) bond motifs is 1. The zero-order valence-corrected chi connectivity index (χ0v) is 11.5. The van der Waals surface area contributed by atoms with Gasteiger partial charge in [-0.1, -0.05) is 47.5 Å². The summed E-state index contributed by atoms with van der Waals surface area (Å²) in [7, 11) is 0. The minimum absolute atomic E-state index is 0.0272. The van der Waals surface area contributed by atoms with Crippen LogP contribution in [0.2, 0.25) is 0 Å². The van der Waals surface area contributed by atoms with E-state index in [0.717, 1.165) is 5.39 Å². The Hall–Kier alpha value is -0.340. The second kappa shape index (κ2) is 5.11. The van der Waals surface area contributed by atoms with E-state index in [-0.39, 0.29) is 5.75 Å². The summed E-state index contributed by atoms with van der Waals surface area (Å²) >= 11 is 23.4. The third-order valence-corrected chi connectivity index (χ3v) is 3.45. The van der Waals surface area contributed by atoms with Gasteiger partial charge in [0.2, 0.25) is 0 Å². The van der Waals surface area contributed by atoms with Crippen molar-refractivity contribution >= 4 is 57.2 Å². The molecule has 0 aromatic heterocycles. The van der Waals surface area contributed by atoms with Crippen LogP contribution in [0, 0.1) is 0 Å². The molecule has 17 heavy (non-hydrogen) atoms. The van der Waals surface area contributed by atoms with Crippen molar-refractivity contribution in [1.29, 1.82) is 0 Å². The molecule has 0 amide bonds. The molecule has 0 unspecified atom stereocenters. The first-order valence-electron chi connectivity index (χ1n) is 4.83. The zero-order chi connectivity index (χ0) is 12.6. The van der Waals surface area contributed by atoms with Gasteiger partial charge in [0.15, 0.2) is 0 Å². The molecule has 2 aromatic carbocycles. The van der Waals surface area contributed by atoms with Crippen LogP contribution in [0.1, 0.15) is 20.8 Å². The summed E-state index contributed by atoms with van der Waals surface area (Å²) in [6.07, 6.45) is 0. The Kier molecular flexibility index (Phi) is 3.94. The normalized spacial score (nSPS) is 11.6. The molecule has 0 saturated carbocycles. The van der Waals surface area contributed by atoms with E-state index in [2.05, 4.69) is 0 Å². The van der Waals surface area contributed by atoms with Gasteiger partial charge in [-0.2, -0.15) is 0 Å². The summed E-state index contributed by atoms with van der Waals surface area (Å²) < 4.78 is 0. The van der Waals surface area contributed by atoms with Crippen molar-refractivity contribution in [3.05, 3.63) is 41.5 Å². The van der Waals surface area contributed by atoms with Crippen LogP contribution in [0.3, 0.4) is 0 Å². The Bertz CT molecular complexity index is 551. The van der Waals surface area contributed by atoms with Gasteiger partial charge in [-0.05, 0) is 17.0 Å². The van der Waals surface area contributed by atoms with Crippen LogP contribution < -0.4 is 0 Å². The number of hydrogen-bond donors (Lipinski definition) is 1. The maximum atomic E-state index is 10.2. The Balaban J connectivity index is 2.84. The number of phenolic OH excluding ortho intramolecular Hbond substituents is 1. The molecule has 0 heterocycles. The number of alkyl halides is 4.